The zero-order chi connectivity index (χ0) is 21.0. The van der Waals surface area contributed by atoms with E-state index < -0.39 is 0 Å². The van der Waals surface area contributed by atoms with Crippen molar-refractivity contribution in [3.8, 4) is 11.3 Å². The van der Waals surface area contributed by atoms with Crippen molar-refractivity contribution in [2.45, 2.75) is 26.7 Å². The molecule has 1 aliphatic rings. The normalized spacial score (nSPS) is 15.7. The fourth-order valence-electron chi connectivity index (χ4n) is 4.15. The lowest BCUT2D eigenvalue weighted by atomic mass is 9.99. The fourth-order valence-corrected chi connectivity index (χ4v) is 5.87. The van der Waals surface area contributed by atoms with Gasteiger partial charge >= 0.3 is 0 Å². The molecule has 1 saturated heterocycles. The summed E-state index contributed by atoms with van der Waals surface area (Å²) in [6, 6.07) is 4.18. The summed E-state index contributed by atoms with van der Waals surface area (Å²) in [6.07, 6.45) is 3.60. The molecule has 4 aromatic heterocycles. The lowest BCUT2D eigenvalue weighted by molar-refractivity contribution is 0.0716. The van der Waals surface area contributed by atoms with E-state index in [-0.39, 0.29) is 5.91 Å². The van der Waals surface area contributed by atoms with Gasteiger partial charge < -0.3 is 9.88 Å². The van der Waals surface area contributed by atoms with E-state index in [0.29, 0.717) is 5.92 Å². The Morgan fingerprint density at radius 1 is 1.23 bits per heavy atom. The van der Waals surface area contributed by atoms with Crippen LogP contribution >= 0.6 is 34.2 Å². The van der Waals surface area contributed by atoms with Crippen LogP contribution in [0.3, 0.4) is 0 Å². The Kier molecular flexibility index (Phi) is 5.06. The van der Waals surface area contributed by atoms with Crippen molar-refractivity contribution < 1.29 is 4.79 Å². The molecule has 30 heavy (non-hydrogen) atoms. The number of fused-ring (bicyclic) bond motifs is 2. The molecule has 1 aliphatic heterocycles. The number of amides is 1. The minimum Gasteiger partial charge on any atom is -0.354 e. The van der Waals surface area contributed by atoms with Gasteiger partial charge in [0, 0.05) is 60.8 Å². The SMILES string of the molecule is Cc1cc(-c2[nH]c3cc(C(=O)N4CCN(I)CC4)sc3c2C(C)C)cn2ncnc12. The molecule has 0 unspecified atom stereocenters. The monoisotopic (exact) mass is 534 g/mol. The van der Waals surface area contributed by atoms with Crippen LogP contribution in [0.1, 0.15) is 40.6 Å². The first-order valence-electron chi connectivity index (χ1n) is 10.1. The lowest BCUT2D eigenvalue weighted by Gasteiger charge is -2.30. The average Bonchev–Trinajstić information content (AvgIpc) is 3.41. The van der Waals surface area contributed by atoms with Crippen LogP contribution in [0.25, 0.3) is 27.1 Å². The molecule has 5 rings (SSSR count). The van der Waals surface area contributed by atoms with Gasteiger partial charge in [0.1, 0.15) is 6.33 Å². The van der Waals surface area contributed by atoms with E-state index in [9.17, 15) is 4.79 Å². The molecule has 0 aromatic carbocycles. The van der Waals surface area contributed by atoms with Gasteiger partial charge in [0.05, 0.1) is 20.8 Å². The number of halogens is 1. The molecule has 0 aliphatic carbocycles. The number of nitrogens with one attached hydrogen (secondary N) is 1. The number of piperazine rings is 1. The van der Waals surface area contributed by atoms with E-state index in [1.165, 1.54) is 10.3 Å². The van der Waals surface area contributed by atoms with Crippen LogP contribution < -0.4 is 0 Å². The van der Waals surface area contributed by atoms with Crippen molar-refractivity contribution >= 4 is 56.0 Å². The van der Waals surface area contributed by atoms with Crippen molar-refractivity contribution in [2.75, 3.05) is 26.2 Å². The number of aromatic nitrogens is 4. The molecular weight excluding hydrogens is 511 g/mol. The van der Waals surface area contributed by atoms with E-state index in [1.54, 1.807) is 17.7 Å². The first-order chi connectivity index (χ1) is 14.4. The van der Waals surface area contributed by atoms with Gasteiger partial charge in [-0.05, 0) is 36.1 Å². The van der Waals surface area contributed by atoms with Gasteiger partial charge in [-0.3, -0.25) is 4.79 Å². The highest BCUT2D eigenvalue weighted by molar-refractivity contribution is 14.1. The molecule has 1 amide bonds. The van der Waals surface area contributed by atoms with Gasteiger partial charge in [0.2, 0.25) is 0 Å². The van der Waals surface area contributed by atoms with Gasteiger partial charge in [-0.15, -0.1) is 11.3 Å². The summed E-state index contributed by atoms with van der Waals surface area (Å²) in [4.78, 5) is 23.8. The van der Waals surface area contributed by atoms with E-state index in [4.69, 9.17) is 0 Å². The molecule has 1 N–H and O–H groups in total. The van der Waals surface area contributed by atoms with Gasteiger partial charge in [-0.2, -0.15) is 5.10 Å². The Morgan fingerprint density at radius 2 is 2.00 bits per heavy atom. The number of hydrogen-bond donors (Lipinski definition) is 1. The van der Waals surface area contributed by atoms with Crippen LogP contribution in [0.2, 0.25) is 0 Å². The van der Waals surface area contributed by atoms with E-state index in [1.807, 2.05) is 21.7 Å². The van der Waals surface area contributed by atoms with Crippen LogP contribution in [0.15, 0.2) is 24.7 Å². The standard InChI is InChI=1S/C21H23IN6OS/c1-12(2)17-18(14-8-13(3)20-23-11-24-28(20)10-14)25-15-9-16(30-19(15)17)21(29)26-4-6-27(22)7-5-26/h8-12,25H,4-7H2,1-3H3. The smallest absolute Gasteiger partial charge is 0.264 e. The third-order valence-electron chi connectivity index (χ3n) is 5.65. The van der Waals surface area contributed by atoms with Crippen molar-refractivity contribution in [3.05, 3.63) is 40.7 Å². The number of pyridine rings is 1. The third-order valence-corrected chi connectivity index (χ3v) is 7.78. The molecule has 9 heteroatoms. The van der Waals surface area contributed by atoms with Gasteiger partial charge in [-0.25, -0.2) is 12.6 Å². The quantitative estimate of drug-likeness (QED) is 0.311. The molecule has 0 atom stereocenters. The summed E-state index contributed by atoms with van der Waals surface area (Å²) in [5.41, 5.74) is 6.43. The lowest BCUT2D eigenvalue weighted by Crippen LogP contribution is -2.45. The van der Waals surface area contributed by atoms with Crippen molar-refractivity contribution in [1.29, 1.82) is 0 Å². The summed E-state index contributed by atoms with van der Waals surface area (Å²) >= 11 is 3.93. The van der Waals surface area contributed by atoms with Gasteiger partial charge in [0.25, 0.3) is 5.91 Å². The Balaban J connectivity index is 1.56. The summed E-state index contributed by atoms with van der Waals surface area (Å²) in [6.45, 7) is 9.87. The molecule has 156 valence electrons. The van der Waals surface area contributed by atoms with Crippen LogP contribution in [-0.4, -0.2) is 59.7 Å². The predicted molar refractivity (Wildman–Crippen MR) is 128 cm³/mol. The zero-order valence-corrected chi connectivity index (χ0v) is 20.1. The first kappa shape index (κ1) is 20.0. The Hall–Kier alpha value is -1.98. The summed E-state index contributed by atoms with van der Waals surface area (Å²) in [5, 5.41) is 4.32. The van der Waals surface area contributed by atoms with Crippen molar-refractivity contribution in [2.24, 2.45) is 0 Å². The maximum atomic E-state index is 13.1. The van der Waals surface area contributed by atoms with Crippen molar-refractivity contribution in [1.82, 2.24) is 27.6 Å². The predicted octanol–water partition coefficient (Wildman–Crippen LogP) is 4.48. The van der Waals surface area contributed by atoms with Crippen LogP contribution in [0.5, 0.6) is 0 Å². The highest BCUT2D eigenvalue weighted by Gasteiger charge is 2.25. The Bertz CT molecular complexity index is 1250. The van der Waals surface area contributed by atoms with Gasteiger partial charge in [0.15, 0.2) is 5.65 Å². The number of carbonyl (C=O) groups excluding carboxylic acids is 1. The molecule has 4 aromatic rings. The average molecular weight is 534 g/mol. The van der Waals surface area contributed by atoms with Crippen LogP contribution in [-0.2, 0) is 0 Å². The number of aryl methyl sites for hydroxylation is 1. The van der Waals surface area contributed by atoms with Crippen molar-refractivity contribution in [3.63, 3.8) is 0 Å². The number of aromatic amines is 1. The maximum absolute atomic E-state index is 13.1. The topological polar surface area (TPSA) is 69.5 Å². The number of nitrogens with zero attached hydrogens (tertiary/aromatic N) is 5. The molecular formula is C21H23IN6OS. The second-order valence-electron chi connectivity index (χ2n) is 8.06. The maximum Gasteiger partial charge on any atom is 0.264 e. The Labute approximate surface area is 192 Å². The highest BCUT2D eigenvalue weighted by atomic mass is 127. The van der Waals surface area contributed by atoms with Crippen LogP contribution in [0, 0.1) is 6.92 Å². The molecule has 0 bridgehead atoms. The molecule has 1 fully saturated rings. The number of rotatable bonds is 3. The second kappa shape index (κ2) is 7.61. The number of thiophene rings is 1. The Morgan fingerprint density at radius 3 is 2.73 bits per heavy atom. The second-order valence-corrected chi connectivity index (χ2v) is 10.5. The minimum absolute atomic E-state index is 0.144. The van der Waals surface area contributed by atoms with E-state index >= 15 is 0 Å². The van der Waals surface area contributed by atoms with E-state index in [0.717, 1.165) is 59.0 Å². The zero-order valence-electron chi connectivity index (χ0n) is 17.1. The molecule has 0 saturated carbocycles. The fraction of sp³-hybridized carbons (Fsp3) is 0.381. The van der Waals surface area contributed by atoms with Gasteiger partial charge in [-0.1, -0.05) is 13.8 Å². The molecule has 0 radical (unpaired) electrons. The number of H-pyrrole nitrogens is 1. The minimum atomic E-state index is 0.144. The summed E-state index contributed by atoms with van der Waals surface area (Å²) in [7, 11) is 0. The number of hydrogen-bond acceptors (Lipinski definition) is 5. The van der Waals surface area contributed by atoms with Crippen LogP contribution in [0.4, 0.5) is 0 Å². The highest BCUT2D eigenvalue weighted by Crippen LogP contribution is 2.40. The third kappa shape index (κ3) is 3.32. The summed E-state index contributed by atoms with van der Waals surface area (Å²) < 4.78 is 5.23. The molecule has 7 nitrogen and oxygen atoms in total. The van der Waals surface area contributed by atoms with E-state index in [2.05, 4.69) is 67.9 Å². The molecule has 5 heterocycles. The molecule has 0 spiro atoms. The largest absolute Gasteiger partial charge is 0.354 e. The summed E-state index contributed by atoms with van der Waals surface area (Å²) in [5.74, 6) is 0.468. The first-order valence-corrected chi connectivity index (χ1v) is 11.9. The number of carbonyl (C=O) groups is 1.